The van der Waals surface area contributed by atoms with Crippen molar-refractivity contribution in [1.29, 1.82) is 0 Å². The van der Waals surface area contributed by atoms with Crippen LogP contribution in [0.25, 0.3) is 0 Å². The minimum absolute atomic E-state index is 0.0967. The number of rotatable bonds is 7. The van der Waals surface area contributed by atoms with Gasteiger partial charge in [-0.1, -0.05) is 36.9 Å². The molecule has 2 rings (SSSR count). The standard InChI is InChI=1S/C12H20N4OS2/c1-7(2)6-13-11-15-16-12(19-11)18-8(3)10(17)14-9-4-5-9/h7-9H,4-6H2,1-3H3,(H,13,15)(H,14,17)/t8-/m0/s1. The highest BCUT2D eigenvalue weighted by atomic mass is 32.2. The van der Waals surface area contributed by atoms with Crippen LogP contribution < -0.4 is 10.6 Å². The number of hydrogen-bond donors (Lipinski definition) is 2. The first-order valence-corrected chi connectivity index (χ1v) is 8.28. The van der Waals surface area contributed by atoms with Gasteiger partial charge < -0.3 is 10.6 Å². The third-order valence-corrected chi connectivity index (χ3v) is 4.70. The van der Waals surface area contributed by atoms with E-state index in [0.29, 0.717) is 12.0 Å². The number of thioether (sulfide) groups is 1. The molecule has 1 aliphatic carbocycles. The average molecular weight is 300 g/mol. The zero-order chi connectivity index (χ0) is 13.8. The normalized spacial score (nSPS) is 16.4. The molecule has 0 radical (unpaired) electrons. The Kier molecular flexibility index (Phi) is 5.04. The molecular weight excluding hydrogens is 280 g/mol. The summed E-state index contributed by atoms with van der Waals surface area (Å²) in [7, 11) is 0. The SMILES string of the molecule is CC(C)CNc1nnc(S[C@@H](C)C(=O)NC2CC2)s1. The second kappa shape index (κ2) is 6.56. The minimum atomic E-state index is -0.119. The van der Waals surface area contributed by atoms with Crippen LogP contribution in [0.2, 0.25) is 0 Å². The summed E-state index contributed by atoms with van der Waals surface area (Å²) < 4.78 is 0.838. The zero-order valence-electron chi connectivity index (χ0n) is 11.5. The topological polar surface area (TPSA) is 66.9 Å². The van der Waals surface area contributed by atoms with Crippen LogP contribution in [-0.2, 0) is 4.79 Å². The molecule has 1 aromatic rings. The molecule has 106 valence electrons. The highest BCUT2D eigenvalue weighted by molar-refractivity contribution is 8.02. The van der Waals surface area contributed by atoms with Crippen molar-refractivity contribution in [2.45, 2.75) is 49.2 Å². The molecule has 0 saturated heterocycles. The second-order valence-corrected chi connectivity index (χ2v) is 7.76. The number of carbonyl (C=O) groups is 1. The molecule has 0 spiro atoms. The smallest absolute Gasteiger partial charge is 0.233 e. The third-order valence-electron chi connectivity index (χ3n) is 2.64. The van der Waals surface area contributed by atoms with Gasteiger partial charge in [-0.2, -0.15) is 0 Å². The van der Waals surface area contributed by atoms with Gasteiger partial charge in [-0.05, 0) is 25.7 Å². The fourth-order valence-corrected chi connectivity index (χ4v) is 3.28. The number of nitrogens with zero attached hydrogens (tertiary/aromatic N) is 2. The quantitative estimate of drug-likeness (QED) is 0.757. The predicted molar refractivity (Wildman–Crippen MR) is 79.7 cm³/mol. The van der Waals surface area contributed by atoms with Gasteiger partial charge in [0.15, 0.2) is 4.34 Å². The summed E-state index contributed by atoms with van der Waals surface area (Å²) in [4.78, 5) is 11.8. The van der Waals surface area contributed by atoms with Gasteiger partial charge in [-0.15, -0.1) is 10.2 Å². The molecule has 1 aromatic heterocycles. The molecule has 1 atom stereocenters. The summed E-state index contributed by atoms with van der Waals surface area (Å²) in [6.07, 6.45) is 2.23. The van der Waals surface area contributed by atoms with Crippen LogP contribution in [0.15, 0.2) is 4.34 Å². The summed E-state index contributed by atoms with van der Waals surface area (Å²) in [5.41, 5.74) is 0. The van der Waals surface area contributed by atoms with E-state index >= 15 is 0 Å². The number of nitrogens with one attached hydrogen (secondary N) is 2. The Morgan fingerprint density at radius 3 is 2.79 bits per heavy atom. The van der Waals surface area contributed by atoms with Crippen LogP contribution >= 0.6 is 23.1 Å². The maximum atomic E-state index is 11.8. The molecule has 1 saturated carbocycles. The highest BCUT2D eigenvalue weighted by Gasteiger charge is 2.26. The van der Waals surface area contributed by atoms with Gasteiger partial charge in [0, 0.05) is 12.6 Å². The maximum absolute atomic E-state index is 11.8. The van der Waals surface area contributed by atoms with E-state index in [1.54, 1.807) is 0 Å². The van der Waals surface area contributed by atoms with Gasteiger partial charge >= 0.3 is 0 Å². The van der Waals surface area contributed by atoms with Crippen molar-refractivity contribution in [3.05, 3.63) is 0 Å². The maximum Gasteiger partial charge on any atom is 0.233 e. The Labute approximate surface area is 122 Å². The number of anilines is 1. The Morgan fingerprint density at radius 1 is 1.42 bits per heavy atom. The molecular formula is C12H20N4OS2. The van der Waals surface area contributed by atoms with Gasteiger partial charge in [0.25, 0.3) is 0 Å². The van der Waals surface area contributed by atoms with Gasteiger partial charge in [0.2, 0.25) is 11.0 Å². The Balaban J connectivity index is 1.79. The predicted octanol–water partition coefficient (Wildman–Crippen LogP) is 2.37. The molecule has 19 heavy (non-hydrogen) atoms. The van der Waals surface area contributed by atoms with E-state index in [4.69, 9.17) is 0 Å². The Hall–Kier alpha value is -0.820. The number of carbonyl (C=O) groups excluding carboxylic acids is 1. The van der Waals surface area contributed by atoms with Crippen LogP contribution in [0.5, 0.6) is 0 Å². The lowest BCUT2D eigenvalue weighted by atomic mass is 10.2. The largest absolute Gasteiger partial charge is 0.360 e. The van der Waals surface area contributed by atoms with Crippen molar-refractivity contribution in [1.82, 2.24) is 15.5 Å². The molecule has 0 aromatic carbocycles. The lowest BCUT2D eigenvalue weighted by Gasteiger charge is -2.08. The molecule has 0 bridgehead atoms. The van der Waals surface area contributed by atoms with Crippen LogP contribution in [0.4, 0.5) is 5.13 Å². The van der Waals surface area contributed by atoms with Crippen molar-refractivity contribution in [2.75, 3.05) is 11.9 Å². The number of aromatic nitrogens is 2. The lowest BCUT2D eigenvalue weighted by molar-refractivity contribution is -0.120. The summed E-state index contributed by atoms with van der Waals surface area (Å²) in [6.45, 7) is 7.09. The van der Waals surface area contributed by atoms with E-state index in [2.05, 4.69) is 34.7 Å². The average Bonchev–Trinajstić information content (AvgIpc) is 3.05. The molecule has 1 fully saturated rings. The van der Waals surface area contributed by atoms with E-state index in [0.717, 1.165) is 28.9 Å². The first-order chi connectivity index (χ1) is 9.04. The lowest BCUT2D eigenvalue weighted by Crippen LogP contribution is -2.32. The first-order valence-electron chi connectivity index (χ1n) is 6.59. The van der Waals surface area contributed by atoms with Gasteiger partial charge in [-0.25, -0.2) is 0 Å². The van der Waals surface area contributed by atoms with Crippen molar-refractivity contribution in [3.8, 4) is 0 Å². The van der Waals surface area contributed by atoms with Crippen molar-refractivity contribution < 1.29 is 4.79 Å². The summed E-state index contributed by atoms with van der Waals surface area (Å²) in [6, 6.07) is 0.410. The molecule has 0 aliphatic heterocycles. The van der Waals surface area contributed by atoms with Crippen molar-refractivity contribution >= 4 is 34.1 Å². The Bertz CT molecular complexity index is 431. The third kappa shape index (κ3) is 4.99. The second-order valence-electron chi connectivity index (χ2n) is 5.19. The molecule has 7 heteroatoms. The van der Waals surface area contributed by atoms with Gasteiger partial charge in [-0.3, -0.25) is 4.79 Å². The number of amides is 1. The van der Waals surface area contributed by atoms with Crippen LogP contribution in [0.1, 0.15) is 33.6 Å². The molecule has 1 heterocycles. The monoisotopic (exact) mass is 300 g/mol. The van der Waals surface area contributed by atoms with Crippen LogP contribution in [-0.4, -0.2) is 33.9 Å². The number of hydrogen-bond acceptors (Lipinski definition) is 6. The van der Waals surface area contributed by atoms with E-state index in [9.17, 15) is 4.79 Å². The highest BCUT2D eigenvalue weighted by Crippen LogP contribution is 2.29. The van der Waals surface area contributed by atoms with E-state index < -0.39 is 0 Å². The summed E-state index contributed by atoms with van der Waals surface area (Å²) >= 11 is 2.97. The van der Waals surface area contributed by atoms with Crippen LogP contribution in [0, 0.1) is 5.92 Å². The van der Waals surface area contributed by atoms with Crippen LogP contribution in [0.3, 0.4) is 0 Å². The van der Waals surface area contributed by atoms with E-state index in [1.165, 1.54) is 23.1 Å². The fourth-order valence-electron chi connectivity index (χ4n) is 1.37. The fraction of sp³-hybridized carbons (Fsp3) is 0.750. The molecule has 0 unspecified atom stereocenters. The first kappa shape index (κ1) is 14.6. The van der Waals surface area contributed by atoms with Crippen molar-refractivity contribution in [3.63, 3.8) is 0 Å². The van der Waals surface area contributed by atoms with Crippen molar-refractivity contribution in [2.24, 2.45) is 5.92 Å². The van der Waals surface area contributed by atoms with Gasteiger partial charge in [0.1, 0.15) is 0 Å². The molecule has 1 aliphatic rings. The van der Waals surface area contributed by atoms with E-state index in [-0.39, 0.29) is 11.2 Å². The minimum Gasteiger partial charge on any atom is -0.360 e. The van der Waals surface area contributed by atoms with Gasteiger partial charge in [0.05, 0.1) is 5.25 Å². The Morgan fingerprint density at radius 2 is 2.16 bits per heavy atom. The molecule has 2 N–H and O–H groups in total. The van der Waals surface area contributed by atoms with E-state index in [1.807, 2.05) is 6.92 Å². The molecule has 5 nitrogen and oxygen atoms in total. The summed E-state index contributed by atoms with van der Waals surface area (Å²) in [5.74, 6) is 0.669. The zero-order valence-corrected chi connectivity index (χ0v) is 13.1. The molecule has 1 amide bonds. The summed E-state index contributed by atoms with van der Waals surface area (Å²) in [5, 5.41) is 15.1.